The molecule has 3 aromatic rings. The molecule has 0 bridgehead atoms. The van der Waals surface area contributed by atoms with E-state index < -0.39 is 0 Å². The molecule has 102 valence electrons. The summed E-state index contributed by atoms with van der Waals surface area (Å²) in [5.74, 6) is 0.631. The van der Waals surface area contributed by atoms with Crippen molar-refractivity contribution in [2.75, 3.05) is 12.4 Å². The molecule has 0 aromatic carbocycles. The third-order valence-corrected chi connectivity index (χ3v) is 4.73. The van der Waals surface area contributed by atoms with E-state index in [0.717, 1.165) is 12.2 Å². The number of hydrogen-bond acceptors (Lipinski definition) is 5. The Hall–Kier alpha value is -1.85. The minimum Gasteiger partial charge on any atom is -0.481 e. The van der Waals surface area contributed by atoms with Crippen molar-refractivity contribution in [3.8, 4) is 16.3 Å². The summed E-state index contributed by atoms with van der Waals surface area (Å²) in [6, 6.07) is 10.3. The van der Waals surface area contributed by atoms with Crippen LogP contribution in [0.3, 0.4) is 0 Å². The number of pyridine rings is 1. The Bertz CT molecular complexity index is 660. The molecule has 0 radical (unpaired) electrons. The molecule has 0 saturated heterocycles. The number of hydrogen-bond donors (Lipinski definition) is 1. The van der Waals surface area contributed by atoms with Gasteiger partial charge in [0.25, 0.3) is 0 Å². The van der Waals surface area contributed by atoms with Gasteiger partial charge in [0.15, 0.2) is 0 Å². The van der Waals surface area contributed by atoms with Gasteiger partial charge < -0.3 is 10.1 Å². The van der Waals surface area contributed by atoms with Gasteiger partial charge in [0.2, 0.25) is 5.88 Å². The molecule has 0 saturated carbocycles. The summed E-state index contributed by atoms with van der Waals surface area (Å²) in [6.07, 6.45) is 1.78. The van der Waals surface area contributed by atoms with E-state index in [2.05, 4.69) is 39.3 Å². The molecule has 0 atom stereocenters. The van der Waals surface area contributed by atoms with Crippen LogP contribution in [0, 0.1) is 0 Å². The number of ether oxygens (including phenoxy) is 1. The van der Waals surface area contributed by atoms with Crippen LogP contribution < -0.4 is 10.1 Å². The standard InChI is InChI=1S/C15H14N2OS2/c1-18-15-5-4-12(8-17-15)16-9-13-7-11(10-20-13)14-3-2-6-19-14/h2-8,10,16H,9H2,1H3. The van der Waals surface area contributed by atoms with Crippen molar-refractivity contribution >= 4 is 28.4 Å². The fourth-order valence-electron chi connectivity index (χ4n) is 1.84. The third kappa shape index (κ3) is 3.00. The van der Waals surface area contributed by atoms with Gasteiger partial charge in [-0.25, -0.2) is 4.98 Å². The molecular formula is C15H14N2OS2. The van der Waals surface area contributed by atoms with Gasteiger partial charge in [0.1, 0.15) is 0 Å². The maximum absolute atomic E-state index is 5.04. The molecule has 0 aliphatic carbocycles. The van der Waals surface area contributed by atoms with Gasteiger partial charge in [-0.1, -0.05) is 6.07 Å². The lowest BCUT2D eigenvalue weighted by atomic mass is 10.2. The highest BCUT2D eigenvalue weighted by molar-refractivity contribution is 7.14. The fourth-order valence-corrected chi connectivity index (χ4v) is 3.45. The number of nitrogens with one attached hydrogen (secondary N) is 1. The lowest BCUT2D eigenvalue weighted by Gasteiger charge is -2.04. The molecule has 0 amide bonds. The molecule has 3 aromatic heterocycles. The summed E-state index contributed by atoms with van der Waals surface area (Å²) in [6.45, 7) is 0.810. The van der Waals surface area contributed by atoms with E-state index in [1.54, 1.807) is 36.0 Å². The predicted molar refractivity (Wildman–Crippen MR) is 85.7 cm³/mol. The van der Waals surface area contributed by atoms with E-state index in [1.165, 1.54) is 15.3 Å². The summed E-state index contributed by atoms with van der Waals surface area (Å²) >= 11 is 3.54. The second-order valence-electron chi connectivity index (χ2n) is 4.22. The van der Waals surface area contributed by atoms with E-state index in [4.69, 9.17) is 4.74 Å². The number of methoxy groups -OCH3 is 1. The van der Waals surface area contributed by atoms with Crippen molar-refractivity contribution in [3.05, 3.63) is 52.2 Å². The second-order valence-corrected chi connectivity index (χ2v) is 6.17. The van der Waals surface area contributed by atoms with Crippen LogP contribution in [0.5, 0.6) is 5.88 Å². The number of nitrogens with zero attached hydrogens (tertiary/aromatic N) is 1. The normalized spacial score (nSPS) is 10.4. The smallest absolute Gasteiger partial charge is 0.213 e. The third-order valence-electron chi connectivity index (χ3n) is 2.87. The summed E-state index contributed by atoms with van der Waals surface area (Å²) in [5, 5.41) is 7.68. The number of thiophene rings is 2. The van der Waals surface area contributed by atoms with Crippen molar-refractivity contribution in [3.63, 3.8) is 0 Å². The van der Waals surface area contributed by atoms with E-state index in [-0.39, 0.29) is 0 Å². The van der Waals surface area contributed by atoms with Gasteiger partial charge >= 0.3 is 0 Å². The first-order chi connectivity index (χ1) is 9.85. The van der Waals surface area contributed by atoms with Gasteiger partial charge in [-0.3, -0.25) is 0 Å². The number of aromatic nitrogens is 1. The molecule has 0 unspecified atom stereocenters. The lowest BCUT2D eigenvalue weighted by Crippen LogP contribution is -1.98. The van der Waals surface area contributed by atoms with E-state index in [1.807, 2.05) is 12.1 Å². The fraction of sp³-hybridized carbons (Fsp3) is 0.133. The molecule has 5 heteroatoms. The van der Waals surface area contributed by atoms with Gasteiger partial charge in [0.05, 0.1) is 19.0 Å². The SMILES string of the molecule is COc1ccc(NCc2cc(-c3cccs3)cs2)cn1. The first kappa shape index (κ1) is 13.1. The lowest BCUT2D eigenvalue weighted by molar-refractivity contribution is 0.398. The average Bonchev–Trinajstić information content (AvgIpc) is 3.16. The van der Waals surface area contributed by atoms with Crippen LogP contribution in [0.1, 0.15) is 4.88 Å². The number of anilines is 1. The highest BCUT2D eigenvalue weighted by Crippen LogP contribution is 2.29. The molecule has 0 fully saturated rings. The Morgan fingerprint density at radius 3 is 2.90 bits per heavy atom. The predicted octanol–water partition coefficient (Wildman–Crippen LogP) is 4.49. The van der Waals surface area contributed by atoms with Gasteiger partial charge in [-0.15, -0.1) is 22.7 Å². The highest BCUT2D eigenvalue weighted by Gasteiger charge is 2.03. The summed E-state index contributed by atoms with van der Waals surface area (Å²) in [7, 11) is 1.62. The molecule has 3 rings (SSSR count). The van der Waals surface area contributed by atoms with Crippen LogP contribution in [0.25, 0.3) is 10.4 Å². The van der Waals surface area contributed by atoms with E-state index >= 15 is 0 Å². The monoisotopic (exact) mass is 302 g/mol. The molecule has 0 spiro atoms. The zero-order valence-corrected chi connectivity index (χ0v) is 12.6. The van der Waals surface area contributed by atoms with Gasteiger partial charge in [-0.2, -0.15) is 0 Å². The Balaban J connectivity index is 1.63. The van der Waals surface area contributed by atoms with E-state index in [0.29, 0.717) is 5.88 Å². The molecule has 0 aliphatic rings. The Kier molecular flexibility index (Phi) is 3.99. The second kappa shape index (κ2) is 6.07. The van der Waals surface area contributed by atoms with Crippen molar-refractivity contribution in [1.82, 2.24) is 4.98 Å². The topological polar surface area (TPSA) is 34.1 Å². The maximum Gasteiger partial charge on any atom is 0.213 e. The zero-order chi connectivity index (χ0) is 13.8. The zero-order valence-electron chi connectivity index (χ0n) is 11.0. The summed E-state index contributed by atoms with van der Waals surface area (Å²) in [5.41, 5.74) is 2.30. The molecular weight excluding hydrogens is 288 g/mol. The van der Waals surface area contributed by atoms with E-state index in [9.17, 15) is 0 Å². The maximum atomic E-state index is 5.04. The van der Waals surface area contributed by atoms with Gasteiger partial charge in [0, 0.05) is 27.9 Å². The molecule has 20 heavy (non-hydrogen) atoms. The largest absolute Gasteiger partial charge is 0.481 e. The first-order valence-corrected chi connectivity index (χ1v) is 7.96. The van der Waals surface area contributed by atoms with Gasteiger partial charge in [-0.05, 0) is 29.0 Å². The molecule has 0 aliphatic heterocycles. The Morgan fingerprint density at radius 1 is 1.25 bits per heavy atom. The minimum atomic E-state index is 0.631. The first-order valence-electron chi connectivity index (χ1n) is 6.20. The molecule has 3 heterocycles. The quantitative estimate of drug-likeness (QED) is 0.754. The van der Waals surface area contributed by atoms with Crippen molar-refractivity contribution in [2.45, 2.75) is 6.54 Å². The highest BCUT2D eigenvalue weighted by atomic mass is 32.1. The van der Waals surface area contributed by atoms with Crippen LogP contribution >= 0.6 is 22.7 Å². The minimum absolute atomic E-state index is 0.631. The van der Waals surface area contributed by atoms with Crippen LogP contribution in [0.15, 0.2) is 47.3 Å². The Morgan fingerprint density at radius 2 is 2.20 bits per heavy atom. The number of rotatable bonds is 5. The van der Waals surface area contributed by atoms with Crippen molar-refractivity contribution < 1.29 is 4.74 Å². The summed E-state index contributed by atoms with van der Waals surface area (Å²) in [4.78, 5) is 6.80. The Labute approximate surface area is 125 Å². The summed E-state index contributed by atoms with van der Waals surface area (Å²) < 4.78 is 5.04. The van der Waals surface area contributed by atoms with Crippen molar-refractivity contribution in [1.29, 1.82) is 0 Å². The molecule has 1 N–H and O–H groups in total. The van der Waals surface area contributed by atoms with Crippen LogP contribution in [-0.2, 0) is 6.54 Å². The average molecular weight is 302 g/mol. The van der Waals surface area contributed by atoms with Crippen LogP contribution in [0.2, 0.25) is 0 Å². The van der Waals surface area contributed by atoms with Crippen LogP contribution in [0.4, 0.5) is 5.69 Å². The van der Waals surface area contributed by atoms with Crippen LogP contribution in [-0.4, -0.2) is 12.1 Å². The van der Waals surface area contributed by atoms with Crippen molar-refractivity contribution in [2.24, 2.45) is 0 Å². The molecule has 3 nitrogen and oxygen atoms in total.